The van der Waals surface area contributed by atoms with E-state index >= 15 is 0 Å². The third-order valence-corrected chi connectivity index (χ3v) is 8.69. The molecule has 2 heterocycles. The zero-order valence-electron chi connectivity index (χ0n) is 23.8. The van der Waals surface area contributed by atoms with E-state index in [0.717, 1.165) is 11.1 Å². The van der Waals surface area contributed by atoms with Gasteiger partial charge in [0.05, 0.1) is 33.5 Å². The molecular formula is C33H28Cl2N4O3S. The Bertz CT molecular complexity index is 1930. The molecule has 1 amide bonds. The minimum Gasteiger partial charge on any atom is -0.488 e. The second-order valence-electron chi connectivity index (χ2n) is 9.89. The Morgan fingerprint density at radius 1 is 1.07 bits per heavy atom. The largest absolute Gasteiger partial charge is 0.488 e. The van der Waals surface area contributed by atoms with Gasteiger partial charge in [-0.3, -0.25) is 14.2 Å². The number of nitrogens with zero attached hydrogens (tertiary/aromatic N) is 4. The topological polar surface area (TPSA) is 87.7 Å². The summed E-state index contributed by atoms with van der Waals surface area (Å²) in [6, 6.07) is 21.0. The van der Waals surface area contributed by atoms with Crippen molar-refractivity contribution >= 4 is 46.5 Å². The zero-order valence-corrected chi connectivity index (χ0v) is 26.1. The second-order valence-corrected chi connectivity index (χ2v) is 11.8. The van der Waals surface area contributed by atoms with Crippen molar-refractivity contribution in [1.82, 2.24) is 9.47 Å². The van der Waals surface area contributed by atoms with Gasteiger partial charge >= 0.3 is 0 Å². The lowest BCUT2D eigenvalue weighted by Gasteiger charge is -2.29. The molecule has 0 unspecified atom stereocenters. The number of hydrogen-bond donors (Lipinski definition) is 0. The first kappa shape index (κ1) is 30.3. The van der Waals surface area contributed by atoms with Crippen molar-refractivity contribution in [3.63, 3.8) is 0 Å². The summed E-state index contributed by atoms with van der Waals surface area (Å²) in [5.41, 5.74) is 3.60. The van der Waals surface area contributed by atoms with E-state index < -0.39 is 6.04 Å². The van der Waals surface area contributed by atoms with Crippen LogP contribution in [0.15, 0.2) is 87.8 Å². The van der Waals surface area contributed by atoms with Crippen LogP contribution < -0.4 is 19.6 Å². The Kier molecular flexibility index (Phi) is 9.16. The molecule has 1 atom stereocenters. The first-order valence-electron chi connectivity index (χ1n) is 13.7. The number of hydrogen-bond acceptors (Lipinski definition) is 6. The molecule has 43 heavy (non-hydrogen) atoms. The maximum atomic E-state index is 14.1. The summed E-state index contributed by atoms with van der Waals surface area (Å²) < 4.78 is 8.12. The molecule has 0 saturated heterocycles. The number of allylic oxidation sites excluding steroid dienone is 1. The first-order valence-corrected chi connectivity index (χ1v) is 15.3. The van der Waals surface area contributed by atoms with Gasteiger partial charge in [0.1, 0.15) is 12.4 Å². The van der Waals surface area contributed by atoms with Crippen LogP contribution in [-0.4, -0.2) is 28.5 Å². The molecule has 0 aliphatic carbocycles. The van der Waals surface area contributed by atoms with E-state index in [1.54, 1.807) is 58.0 Å². The molecule has 0 saturated carbocycles. The number of rotatable bonds is 8. The molecule has 1 aliphatic rings. The summed E-state index contributed by atoms with van der Waals surface area (Å²) in [5.74, 6) is 0.385. The Labute approximate surface area is 263 Å². The van der Waals surface area contributed by atoms with E-state index in [9.17, 15) is 9.59 Å². The molecule has 0 fully saturated rings. The van der Waals surface area contributed by atoms with Gasteiger partial charge in [-0.05, 0) is 80.4 Å². The monoisotopic (exact) mass is 630 g/mol. The average Bonchev–Trinajstić information content (AvgIpc) is 3.31. The van der Waals surface area contributed by atoms with Crippen LogP contribution in [0.5, 0.6) is 5.75 Å². The van der Waals surface area contributed by atoms with Crippen LogP contribution >= 0.6 is 34.5 Å². The summed E-state index contributed by atoms with van der Waals surface area (Å²) in [7, 11) is 0. The first-order chi connectivity index (χ1) is 20.7. The number of carbonyl (C=O) groups is 1. The van der Waals surface area contributed by atoms with Crippen molar-refractivity contribution in [3.8, 4) is 11.8 Å². The Morgan fingerprint density at radius 2 is 1.74 bits per heavy atom. The van der Waals surface area contributed by atoms with Crippen molar-refractivity contribution in [3.05, 3.63) is 130 Å². The number of carbonyl (C=O) groups excluding carboxylic acids is 1. The maximum Gasteiger partial charge on any atom is 0.271 e. The Hall–Kier alpha value is -4.16. The highest BCUT2D eigenvalue weighted by Gasteiger charge is 2.34. The lowest BCUT2D eigenvalue weighted by atomic mass is 9.94. The fourth-order valence-electron chi connectivity index (χ4n) is 4.98. The van der Waals surface area contributed by atoms with Crippen LogP contribution in [0.1, 0.15) is 49.1 Å². The highest BCUT2D eigenvalue weighted by Crippen LogP contribution is 2.32. The molecule has 218 valence electrons. The minimum absolute atomic E-state index is 0.159. The van der Waals surface area contributed by atoms with E-state index in [-0.39, 0.29) is 18.1 Å². The van der Waals surface area contributed by atoms with Crippen LogP contribution in [0, 0.1) is 11.3 Å². The van der Waals surface area contributed by atoms with Gasteiger partial charge in [0.2, 0.25) is 0 Å². The van der Waals surface area contributed by atoms with Gasteiger partial charge < -0.3 is 9.64 Å². The van der Waals surface area contributed by atoms with Gasteiger partial charge in [-0.15, -0.1) is 0 Å². The van der Waals surface area contributed by atoms with E-state index in [0.29, 0.717) is 60.6 Å². The highest BCUT2D eigenvalue weighted by molar-refractivity contribution is 7.07. The van der Waals surface area contributed by atoms with Crippen molar-refractivity contribution < 1.29 is 9.53 Å². The minimum atomic E-state index is -0.671. The van der Waals surface area contributed by atoms with E-state index in [4.69, 9.17) is 38.2 Å². The molecule has 0 bridgehead atoms. The number of fused-ring (bicyclic) bond motifs is 1. The molecule has 7 nitrogen and oxygen atoms in total. The predicted molar refractivity (Wildman–Crippen MR) is 170 cm³/mol. The molecule has 1 aliphatic heterocycles. The van der Waals surface area contributed by atoms with Crippen LogP contribution in [0.25, 0.3) is 6.08 Å². The number of likely N-dealkylation sites (N-methyl/N-ethyl adjacent to an activating group) is 1. The SMILES string of the molecule is CCN(CC)C(=O)C1=C(C)N=c2s/c(=C/c3cc(Cl)ccc3OCc3ccc(C#N)cc3)c(=O)n2[C@@H]1c1ccc(Cl)cc1. The number of ether oxygens (including phenoxy) is 1. The molecule has 5 rings (SSSR count). The summed E-state index contributed by atoms with van der Waals surface area (Å²) in [6.07, 6.45) is 1.74. The lowest BCUT2D eigenvalue weighted by molar-refractivity contribution is -0.127. The fourth-order valence-corrected chi connectivity index (χ4v) is 6.32. The number of amides is 1. The molecule has 0 spiro atoms. The number of halogens is 2. The third-order valence-electron chi connectivity index (χ3n) is 7.22. The third kappa shape index (κ3) is 6.30. The smallest absolute Gasteiger partial charge is 0.271 e. The second kappa shape index (κ2) is 13.0. The Morgan fingerprint density at radius 3 is 2.40 bits per heavy atom. The fraction of sp³-hybridized carbons (Fsp3) is 0.212. The van der Waals surface area contributed by atoms with Crippen LogP contribution in [0.3, 0.4) is 0 Å². The summed E-state index contributed by atoms with van der Waals surface area (Å²) in [4.78, 5) is 34.8. The van der Waals surface area contributed by atoms with Crippen molar-refractivity contribution in [2.75, 3.05) is 13.1 Å². The highest BCUT2D eigenvalue weighted by atomic mass is 35.5. The number of nitriles is 1. The van der Waals surface area contributed by atoms with Gasteiger partial charge in [0.15, 0.2) is 4.80 Å². The lowest BCUT2D eigenvalue weighted by Crippen LogP contribution is -2.43. The normalized spacial score (nSPS) is 14.6. The van der Waals surface area contributed by atoms with E-state index in [2.05, 4.69) is 6.07 Å². The predicted octanol–water partition coefficient (Wildman–Crippen LogP) is 5.86. The van der Waals surface area contributed by atoms with Gasteiger partial charge in [-0.25, -0.2) is 4.99 Å². The maximum absolute atomic E-state index is 14.1. The molecule has 1 aromatic heterocycles. The van der Waals surface area contributed by atoms with Crippen molar-refractivity contribution in [2.24, 2.45) is 4.99 Å². The van der Waals surface area contributed by atoms with E-state index in [1.165, 1.54) is 11.3 Å². The molecule has 0 N–H and O–H groups in total. The quantitative estimate of drug-likeness (QED) is 0.244. The summed E-state index contributed by atoms with van der Waals surface area (Å²) in [5, 5.41) is 10.1. The molecule has 3 aromatic carbocycles. The van der Waals surface area contributed by atoms with E-state index in [1.807, 2.05) is 45.0 Å². The van der Waals surface area contributed by atoms with Crippen LogP contribution in [0.2, 0.25) is 10.0 Å². The average molecular weight is 632 g/mol. The standard InChI is InChI=1S/C33H28Cl2N4O3S/c1-4-38(5-2)32(41)29-20(3)37-33-39(30(29)23-10-12-25(34)13-11-23)31(40)28(43-33)17-24-16-26(35)14-15-27(24)42-19-22-8-6-21(18-36)7-9-22/h6-17,30H,4-5,19H2,1-3H3/b28-17+/t30-/m1/s1. The molecular weight excluding hydrogens is 603 g/mol. The van der Waals surface area contributed by atoms with Crippen molar-refractivity contribution in [2.45, 2.75) is 33.4 Å². The number of thiazole rings is 1. The summed E-state index contributed by atoms with van der Waals surface area (Å²) >= 11 is 13.8. The zero-order chi connectivity index (χ0) is 30.7. The van der Waals surface area contributed by atoms with Gasteiger partial charge in [0, 0.05) is 28.7 Å². The van der Waals surface area contributed by atoms with Crippen LogP contribution in [0.4, 0.5) is 0 Å². The van der Waals surface area contributed by atoms with Gasteiger partial charge in [0.25, 0.3) is 11.5 Å². The van der Waals surface area contributed by atoms with Crippen LogP contribution in [-0.2, 0) is 11.4 Å². The Balaban J connectivity index is 1.61. The molecule has 10 heteroatoms. The number of benzene rings is 3. The molecule has 4 aromatic rings. The van der Waals surface area contributed by atoms with Gasteiger partial charge in [-0.1, -0.05) is 58.8 Å². The van der Waals surface area contributed by atoms with Crippen molar-refractivity contribution in [1.29, 1.82) is 5.26 Å². The number of aromatic nitrogens is 1. The molecule has 0 radical (unpaired) electrons. The summed E-state index contributed by atoms with van der Waals surface area (Å²) in [6.45, 7) is 6.99. The van der Waals surface area contributed by atoms with Gasteiger partial charge in [-0.2, -0.15) is 5.26 Å².